The number of phenolic OH excluding ortho intramolecular Hbond substituents is 2. The van der Waals surface area contributed by atoms with Crippen molar-refractivity contribution in [3.8, 4) is 39.7 Å². The molecular formula is C25H19N3O3. The molecule has 31 heavy (non-hydrogen) atoms. The lowest BCUT2D eigenvalue weighted by Crippen LogP contribution is -2.12. The van der Waals surface area contributed by atoms with Crippen LogP contribution < -0.4 is 5.56 Å². The molecule has 0 saturated carbocycles. The first-order chi connectivity index (χ1) is 15.1. The minimum Gasteiger partial charge on any atom is -0.508 e. The van der Waals surface area contributed by atoms with E-state index in [4.69, 9.17) is 0 Å². The highest BCUT2D eigenvalue weighted by Gasteiger charge is 2.20. The van der Waals surface area contributed by atoms with E-state index in [-0.39, 0.29) is 17.1 Å². The standard InChI is InChI=1S/C25H19N3O3/c29-19-8-4-16(5-9-19)14-18-2-1-3-21(17-6-10-20(30)11-7-17)23(18)24-25-27-15-22(31)28(25)13-12-26-24/h1-13,15,26,29-30H,14H2. The van der Waals surface area contributed by atoms with Crippen molar-refractivity contribution in [1.82, 2.24) is 14.5 Å². The Kier molecular flexibility index (Phi) is 4.52. The van der Waals surface area contributed by atoms with Crippen molar-refractivity contribution in [1.29, 1.82) is 0 Å². The van der Waals surface area contributed by atoms with E-state index in [1.165, 1.54) is 10.8 Å². The van der Waals surface area contributed by atoms with E-state index in [1.807, 2.05) is 42.5 Å². The van der Waals surface area contributed by atoms with Crippen LogP contribution in [-0.4, -0.2) is 24.7 Å². The van der Waals surface area contributed by atoms with Crippen LogP contribution >= 0.6 is 0 Å². The fourth-order valence-electron chi connectivity index (χ4n) is 3.88. The molecule has 6 heteroatoms. The predicted octanol–water partition coefficient (Wildman–Crippen LogP) is 4.33. The summed E-state index contributed by atoms with van der Waals surface area (Å²) in [4.78, 5) is 19.8. The van der Waals surface area contributed by atoms with Gasteiger partial charge in [0.25, 0.3) is 5.56 Å². The van der Waals surface area contributed by atoms with Crippen molar-refractivity contribution in [3.05, 3.63) is 107 Å². The van der Waals surface area contributed by atoms with E-state index in [9.17, 15) is 15.0 Å². The fourth-order valence-corrected chi connectivity index (χ4v) is 3.88. The minimum absolute atomic E-state index is 0.188. The van der Waals surface area contributed by atoms with Crippen molar-refractivity contribution in [3.63, 3.8) is 0 Å². The van der Waals surface area contributed by atoms with Gasteiger partial charge in [-0.2, -0.15) is 0 Å². The maximum atomic E-state index is 12.2. The number of hydrogen-bond acceptors (Lipinski definition) is 4. The summed E-state index contributed by atoms with van der Waals surface area (Å²) in [5.41, 5.74) is 5.45. The molecule has 152 valence electrons. The summed E-state index contributed by atoms with van der Waals surface area (Å²) in [7, 11) is 0. The van der Waals surface area contributed by atoms with Crippen LogP contribution in [-0.2, 0) is 6.42 Å². The average Bonchev–Trinajstić information content (AvgIpc) is 3.17. The first-order valence-corrected chi connectivity index (χ1v) is 9.84. The number of hydrogen-bond donors (Lipinski definition) is 3. The molecule has 0 radical (unpaired) electrons. The maximum absolute atomic E-state index is 12.2. The van der Waals surface area contributed by atoms with E-state index < -0.39 is 0 Å². The van der Waals surface area contributed by atoms with Crippen LogP contribution in [0.25, 0.3) is 28.2 Å². The molecule has 5 rings (SSSR count). The highest BCUT2D eigenvalue weighted by Crippen LogP contribution is 2.37. The molecule has 0 unspecified atom stereocenters. The third kappa shape index (κ3) is 3.44. The normalized spacial score (nSPS) is 11.1. The number of H-pyrrole nitrogens is 1. The van der Waals surface area contributed by atoms with E-state index >= 15 is 0 Å². The van der Waals surface area contributed by atoms with E-state index in [1.54, 1.807) is 36.7 Å². The Labute approximate surface area is 178 Å². The lowest BCUT2D eigenvalue weighted by atomic mass is 9.90. The zero-order chi connectivity index (χ0) is 21.4. The van der Waals surface area contributed by atoms with Crippen molar-refractivity contribution >= 4 is 0 Å². The van der Waals surface area contributed by atoms with Crippen molar-refractivity contribution in [2.45, 2.75) is 6.42 Å². The lowest BCUT2D eigenvalue weighted by molar-refractivity contribution is 0.474. The first-order valence-electron chi connectivity index (χ1n) is 9.84. The molecule has 0 saturated heterocycles. The number of phenols is 2. The summed E-state index contributed by atoms with van der Waals surface area (Å²) in [6.45, 7) is 0. The molecule has 0 amide bonds. The van der Waals surface area contributed by atoms with Crippen LogP contribution in [0.15, 0.2) is 90.1 Å². The van der Waals surface area contributed by atoms with Gasteiger partial charge in [-0.05, 0) is 52.9 Å². The molecule has 3 N–H and O–H groups in total. The number of fused-ring (bicyclic) bond motifs is 1. The molecule has 2 aliphatic heterocycles. The van der Waals surface area contributed by atoms with Crippen molar-refractivity contribution in [2.75, 3.05) is 0 Å². The third-order valence-corrected chi connectivity index (χ3v) is 5.35. The van der Waals surface area contributed by atoms with Gasteiger partial charge < -0.3 is 15.2 Å². The number of benzene rings is 3. The van der Waals surface area contributed by atoms with Crippen LogP contribution in [0.5, 0.6) is 11.5 Å². The molecule has 6 nitrogen and oxygen atoms in total. The van der Waals surface area contributed by atoms with Gasteiger partial charge >= 0.3 is 0 Å². The number of nitrogens with one attached hydrogen (secondary N) is 1. The highest BCUT2D eigenvalue weighted by molar-refractivity contribution is 5.87. The highest BCUT2D eigenvalue weighted by atomic mass is 16.3. The van der Waals surface area contributed by atoms with Gasteiger partial charge in [-0.3, -0.25) is 9.36 Å². The van der Waals surface area contributed by atoms with E-state index in [2.05, 4.69) is 9.97 Å². The van der Waals surface area contributed by atoms with Gasteiger partial charge in [0.1, 0.15) is 11.5 Å². The van der Waals surface area contributed by atoms with Crippen molar-refractivity contribution in [2.24, 2.45) is 0 Å². The van der Waals surface area contributed by atoms with Crippen LogP contribution in [0.1, 0.15) is 11.1 Å². The molecule has 3 aromatic rings. The molecule has 2 heterocycles. The van der Waals surface area contributed by atoms with Gasteiger partial charge in [-0.15, -0.1) is 0 Å². The molecule has 0 fully saturated rings. The molecule has 0 bridgehead atoms. The van der Waals surface area contributed by atoms with E-state index in [0.29, 0.717) is 12.2 Å². The zero-order valence-corrected chi connectivity index (χ0v) is 16.5. The molecule has 0 spiro atoms. The summed E-state index contributed by atoms with van der Waals surface area (Å²) in [5.74, 6) is 0.967. The number of aromatic amines is 1. The molecule has 3 aromatic carbocycles. The Balaban J connectivity index is 1.74. The molecule has 0 aromatic heterocycles. The maximum Gasteiger partial charge on any atom is 0.274 e. The zero-order valence-electron chi connectivity index (χ0n) is 16.5. The summed E-state index contributed by atoms with van der Waals surface area (Å²) >= 11 is 0. The third-order valence-electron chi connectivity index (χ3n) is 5.35. The van der Waals surface area contributed by atoms with E-state index in [0.717, 1.165) is 33.5 Å². The Morgan fingerprint density at radius 2 is 1.61 bits per heavy atom. The number of aromatic nitrogens is 3. The van der Waals surface area contributed by atoms with Crippen LogP contribution in [0, 0.1) is 0 Å². The number of rotatable bonds is 4. The average molecular weight is 409 g/mol. The van der Waals surface area contributed by atoms with Crippen LogP contribution in [0.4, 0.5) is 0 Å². The van der Waals surface area contributed by atoms with Crippen LogP contribution in [0.3, 0.4) is 0 Å². The largest absolute Gasteiger partial charge is 0.508 e. The molecular weight excluding hydrogens is 390 g/mol. The Hall–Kier alpha value is -4.32. The quantitative estimate of drug-likeness (QED) is 0.412. The second-order valence-corrected chi connectivity index (χ2v) is 7.35. The molecule has 0 aliphatic carbocycles. The van der Waals surface area contributed by atoms with Gasteiger partial charge in [0.05, 0.1) is 11.9 Å². The Morgan fingerprint density at radius 3 is 2.35 bits per heavy atom. The predicted molar refractivity (Wildman–Crippen MR) is 119 cm³/mol. The van der Waals surface area contributed by atoms with Gasteiger partial charge in [-0.1, -0.05) is 42.5 Å². The second kappa shape index (κ2) is 7.50. The Morgan fingerprint density at radius 1 is 0.903 bits per heavy atom. The van der Waals surface area contributed by atoms with Crippen LogP contribution in [0.2, 0.25) is 0 Å². The lowest BCUT2D eigenvalue weighted by Gasteiger charge is -2.18. The summed E-state index contributed by atoms with van der Waals surface area (Å²) in [5, 5.41) is 19.4. The monoisotopic (exact) mass is 409 g/mol. The summed E-state index contributed by atoms with van der Waals surface area (Å²) in [6.07, 6.45) is 5.33. The second-order valence-electron chi connectivity index (χ2n) is 7.35. The number of aromatic hydroxyl groups is 2. The van der Waals surface area contributed by atoms with Gasteiger partial charge in [0.15, 0.2) is 5.82 Å². The fraction of sp³-hybridized carbons (Fsp3) is 0.0400. The summed E-state index contributed by atoms with van der Waals surface area (Å²) < 4.78 is 1.52. The van der Waals surface area contributed by atoms with Crippen molar-refractivity contribution < 1.29 is 10.2 Å². The van der Waals surface area contributed by atoms with Gasteiger partial charge in [-0.25, -0.2) is 4.98 Å². The van der Waals surface area contributed by atoms with Gasteiger partial charge in [0, 0.05) is 18.0 Å². The summed E-state index contributed by atoms with van der Waals surface area (Å²) in [6, 6.07) is 20.2. The van der Waals surface area contributed by atoms with Gasteiger partial charge in [0.2, 0.25) is 0 Å². The molecule has 2 aliphatic rings. The molecule has 0 atom stereocenters. The first kappa shape index (κ1) is 18.7. The smallest absolute Gasteiger partial charge is 0.274 e. The topological polar surface area (TPSA) is 91.1 Å². The Bertz CT molecular complexity index is 1380. The number of nitrogens with zero attached hydrogens (tertiary/aromatic N) is 2. The SMILES string of the molecule is O=c1cnc2c(-c3c(Cc4ccc(O)cc4)cccc3-c3ccc(O)cc3)[nH]ccn1-2. The minimum atomic E-state index is -0.188. The number of imidazole rings is 1.